The summed E-state index contributed by atoms with van der Waals surface area (Å²) in [5.41, 5.74) is 3.94. The molecule has 4 rings (SSSR count). The molecule has 0 aromatic carbocycles. The predicted molar refractivity (Wildman–Crippen MR) is 98.9 cm³/mol. The summed E-state index contributed by atoms with van der Waals surface area (Å²) < 4.78 is 0.674. The maximum atomic E-state index is 12.5. The fourth-order valence-electron chi connectivity index (χ4n) is 3.47. The minimum Gasteiger partial charge on any atom is -0.619 e. The van der Waals surface area contributed by atoms with E-state index in [-0.39, 0.29) is 5.91 Å². The molecular formula is C19H21N5O2. The highest BCUT2D eigenvalue weighted by atomic mass is 16.5. The van der Waals surface area contributed by atoms with Gasteiger partial charge in [0.1, 0.15) is 5.69 Å². The van der Waals surface area contributed by atoms with Crippen LogP contribution in [0.15, 0.2) is 42.9 Å². The molecule has 0 spiro atoms. The quantitative estimate of drug-likeness (QED) is 0.560. The Morgan fingerprint density at radius 1 is 1.27 bits per heavy atom. The summed E-state index contributed by atoms with van der Waals surface area (Å²) >= 11 is 0. The normalized spacial score (nSPS) is 16.0. The van der Waals surface area contributed by atoms with Gasteiger partial charge in [-0.15, -0.1) is 0 Å². The molecule has 0 saturated carbocycles. The number of pyridine rings is 2. The Bertz CT molecular complexity index is 927. The molecule has 1 saturated heterocycles. The van der Waals surface area contributed by atoms with E-state index in [1.807, 2.05) is 12.3 Å². The molecule has 7 nitrogen and oxygen atoms in total. The third-order valence-electron chi connectivity index (χ3n) is 5.00. The molecule has 134 valence electrons. The lowest BCUT2D eigenvalue weighted by atomic mass is 9.90. The Morgan fingerprint density at radius 3 is 2.73 bits per heavy atom. The average molecular weight is 351 g/mol. The topological polar surface area (TPSA) is 88.0 Å². The van der Waals surface area contributed by atoms with E-state index >= 15 is 0 Å². The number of carbonyl (C=O) groups excluding carboxylic acids is 1. The van der Waals surface area contributed by atoms with Gasteiger partial charge in [-0.05, 0) is 56.6 Å². The Hall–Kier alpha value is -2.93. The number of aromatic amines is 1. The molecule has 0 aliphatic carbocycles. The van der Waals surface area contributed by atoms with Crippen LogP contribution in [-0.2, 0) is 0 Å². The molecule has 1 amide bonds. The first-order valence-electron chi connectivity index (χ1n) is 8.77. The lowest BCUT2D eigenvalue weighted by Crippen LogP contribution is -2.29. The van der Waals surface area contributed by atoms with Crippen LogP contribution in [-0.4, -0.2) is 40.9 Å². The van der Waals surface area contributed by atoms with Gasteiger partial charge < -0.3 is 20.4 Å². The van der Waals surface area contributed by atoms with Crippen LogP contribution in [0.4, 0.5) is 5.69 Å². The summed E-state index contributed by atoms with van der Waals surface area (Å²) in [4.78, 5) is 22.7. The number of nitrogens with zero attached hydrogens (tertiary/aromatic N) is 3. The van der Waals surface area contributed by atoms with Gasteiger partial charge in [-0.2, -0.15) is 4.73 Å². The van der Waals surface area contributed by atoms with Crippen LogP contribution in [0.2, 0.25) is 0 Å². The average Bonchev–Trinajstić information content (AvgIpc) is 3.07. The van der Waals surface area contributed by atoms with Gasteiger partial charge in [-0.25, -0.2) is 4.98 Å². The van der Waals surface area contributed by atoms with Crippen molar-refractivity contribution in [3.8, 4) is 0 Å². The predicted octanol–water partition coefficient (Wildman–Crippen LogP) is 2.26. The molecule has 1 aliphatic heterocycles. The summed E-state index contributed by atoms with van der Waals surface area (Å²) in [7, 11) is 2.14. The van der Waals surface area contributed by atoms with Crippen LogP contribution in [0.5, 0.6) is 0 Å². The number of carbonyl (C=O) groups is 1. The zero-order chi connectivity index (χ0) is 18.1. The summed E-state index contributed by atoms with van der Waals surface area (Å²) in [6.07, 6.45) is 6.91. The molecule has 0 bridgehead atoms. The fourth-order valence-corrected chi connectivity index (χ4v) is 3.47. The van der Waals surface area contributed by atoms with E-state index in [9.17, 15) is 10.0 Å². The number of fused-ring (bicyclic) bond motifs is 1. The molecule has 3 aromatic heterocycles. The number of H-pyrrole nitrogens is 1. The summed E-state index contributed by atoms with van der Waals surface area (Å²) in [5, 5.41) is 13.9. The SMILES string of the molecule is CN1CCC(c2c[nH]c3ccc(C(=O)Nc4cc[n+]([O-])cc4)nc23)CC1. The number of hydrogen-bond acceptors (Lipinski definition) is 4. The van der Waals surface area contributed by atoms with E-state index < -0.39 is 0 Å². The van der Waals surface area contributed by atoms with Crippen molar-refractivity contribution in [2.45, 2.75) is 18.8 Å². The minimum atomic E-state index is -0.286. The second kappa shape index (κ2) is 6.76. The zero-order valence-electron chi connectivity index (χ0n) is 14.6. The van der Waals surface area contributed by atoms with Crippen molar-refractivity contribution >= 4 is 22.6 Å². The van der Waals surface area contributed by atoms with Gasteiger partial charge in [0.25, 0.3) is 5.91 Å². The highest BCUT2D eigenvalue weighted by Crippen LogP contribution is 2.32. The molecule has 0 radical (unpaired) electrons. The van der Waals surface area contributed by atoms with Crippen LogP contribution in [0, 0.1) is 5.21 Å². The van der Waals surface area contributed by atoms with E-state index in [0.717, 1.165) is 37.0 Å². The highest BCUT2D eigenvalue weighted by molar-refractivity contribution is 6.04. The van der Waals surface area contributed by atoms with E-state index in [0.29, 0.717) is 22.0 Å². The van der Waals surface area contributed by atoms with Crippen molar-refractivity contribution in [1.29, 1.82) is 0 Å². The van der Waals surface area contributed by atoms with E-state index in [1.54, 1.807) is 18.2 Å². The monoisotopic (exact) mass is 351 g/mol. The van der Waals surface area contributed by atoms with Crippen molar-refractivity contribution in [2.24, 2.45) is 0 Å². The smallest absolute Gasteiger partial charge is 0.274 e. The van der Waals surface area contributed by atoms with Crippen LogP contribution in [0.1, 0.15) is 34.8 Å². The number of nitrogens with one attached hydrogen (secondary N) is 2. The Balaban J connectivity index is 1.59. The number of hydrogen-bond donors (Lipinski definition) is 2. The highest BCUT2D eigenvalue weighted by Gasteiger charge is 2.22. The first kappa shape index (κ1) is 16.5. The van der Waals surface area contributed by atoms with E-state index in [4.69, 9.17) is 0 Å². The van der Waals surface area contributed by atoms with Crippen molar-refractivity contribution in [1.82, 2.24) is 14.9 Å². The fraction of sp³-hybridized carbons (Fsp3) is 0.316. The molecule has 26 heavy (non-hydrogen) atoms. The number of anilines is 1. The largest absolute Gasteiger partial charge is 0.619 e. The molecule has 0 atom stereocenters. The second-order valence-corrected chi connectivity index (χ2v) is 6.82. The number of piperidine rings is 1. The summed E-state index contributed by atoms with van der Waals surface area (Å²) in [5.74, 6) is 0.179. The molecular weight excluding hydrogens is 330 g/mol. The van der Waals surface area contributed by atoms with Crippen molar-refractivity contribution in [2.75, 3.05) is 25.5 Å². The molecule has 2 N–H and O–H groups in total. The van der Waals surface area contributed by atoms with Crippen molar-refractivity contribution < 1.29 is 9.52 Å². The third-order valence-corrected chi connectivity index (χ3v) is 5.00. The van der Waals surface area contributed by atoms with Gasteiger partial charge in [0.05, 0.1) is 16.7 Å². The number of aromatic nitrogens is 3. The summed E-state index contributed by atoms with van der Waals surface area (Å²) in [6.45, 7) is 2.15. The Kier molecular flexibility index (Phi) is 4.30. The molecule has 1 fully saturated rings. The minimum absolute atomic E-state index is 0.286. The van der Waals surface area contributed by atoms with Crippen LogP contribution in [0.3, 0.4) is 0 Å². The molecule has 0 unspecified atom stereocenters. The Labute approximate surface area is 151 Å². The summed E-state index contributed by atoms with van der Waals surface area (Å²) in [6, 6.07) is 6.73. The van der Waals surface area contributed by atoms with Crippen LogP contribution >= 0.6 is 0 Å². The third kappa shape index (κ3) is 3.25. The van der Waals surface area contributed by atoms with Gasteiger partial charge in [-0.3, -0.25) is 4.79 Å². The number of likely N-dealkylation sites (tertiary alicyclic amines) is 1. The van der Waals surface area contributed by atoms with Gasteiger partial charge in [0, 0.05) is 18.3 Å². The first-order chi connectivity index (χ1) is 12.6. The van der Waals surface area contributed by atoms with Gasteiger partial charge in [0.15, 0.2) is 12.4 Å². The van der Waals surface area contributed by atoms with Crippen LogP contribution < -0.4 is 10.0 Å². The molecule has 1 aliphatic rings. The zero-order valence-corrected chi connectivity index (χ0v) is 14.6. The first-order valence-corrected chi connectivity index (χ1v) is 8.77. The van der Waals surface area contributed by atoms with Crippen molar-refractivity contribution in [3.05, 3.63) is 59.3 Å². The molecule has 7 heteroatoms. The van der Waals surface area contributed by atoms with E-state index in [1.165, 1.54) is 18.0 Å². The maximum absolute atomic E-state index is 12.5. The van der Waals surface area contributed by atoms with Gasteiger partial charge in [0.2, 0.25) is 0 Å². The van der Waals surface area contributed by atoms with Crippen molar-refractivity contribution in [3.63, 3.8) is 0 Å². The van der Waals surface area contributed by atoms with Gasteiger partial charge >= 0.3 is 0 Å². The Morgan fingerprint density at radius 2 is 2.00 bits per heavy atom. The van der Waals surface area contributed by atoms with E-state index in [2.05, 4.69) is 27.2 Å². The maximum Gasteiger partial charge on any atom is 0.274 e. The van der Waals surface area contributed by atoms with Crippen LogP contribution in [0.25, 0.3) is 11.0 Å². The number of amides is 1. The standard InChI is InChI=1S/C19H21N5O2/c1-23-8-4-13(5-9-23)15-12-20-16-2-3-17(22-18(15)16)19(25)21-14-6-10-24(26)11-7-14/h2-3,6-7,10-13,20H,4-5,8-9H2,1H3,(H,21,25). The molecule has 3 aromatic rings. The molecule has 4 heterocycles. The van der Waals surface area contributed by atoms with Gasteiger partial charge in [-0.1, -0.05) is 0 Å². The lowest BCUT2D eigenvalue weighted by molar-refractivity contribution is -0.605. The second-order valence-electron chi connectivity index (χ2n) is 6.82. The lowest BCUT2D eigenvalue weighted by Gasteiger charge is -2.28. The number of rotatable bonds is 3.